The lowest BCUT2D eigenvalue weighted by molar-refractivity contribution is 1.02. The Bertz CT molecular complexity index is 734. The minimum absolute atomic E-state index is 0.338. The molecule has 0 fully saturated rings. The van der Waals surface area contributed by atoms with E-state index in [0.29, 0.717) is 6.42 Å². The highest BCUT2D eigenvalue weighted by atomic mass is 32.1. The molecule has 0 radical (unpaired) electrons. The molecular formula is C13H10N4S. The Morgan fingerprint density at radius 2 is 2.33 bits per heavy atom. The average molecular weight is 254 g/mol. The molecule has 3 heterocycles. The number of rotatable bonds is 2. The third-order valence-corrected chi connectivity index (χ3v) is 3.73. The van der Waals surface area contributed by atoms with Gasteiger partial charge in [-0.1, -0.05) is 6.07 Å². The van der Waals surface area contributed by atoms with Gasteiger partial charge in [0.15, 0.2) is 4.96 Å². The summed E-state index contributed by atoms with van der Waals surface area (Å²) in [5.74, 6) is 0. The van der Waals surface area contributed by atoms with Crippen molar-refractivity contribution in [2.75, 3.05) is 0 Å². The number of aromatic nitrogens is 3. The number of hydrogen-bond donors (Lipinski definition) is 0. The van der Waals surface area contributed by atoms with E-state index in [1.54, 1.807) is 17.5 Å². The first-order valence-electron chi connectivity index (χ1n) is 5.55. The predicted octanol–water partition coefficient (Wildman–Crippen LogP) is 2.83. The van der Waals surface area contributed by atoms with Gasteiger partial charge in [-0.2, -0.15) is 5.26 Å². The van der Waals surface area contributed by atoms with E-state index in [4.69, 9.17) is 5.26 Å². The number of nitrogens with zero attached hydrogens (tertiary/aromatic N) is 4. The standard InChI is InChI=1S/C13H10N4S/c1-9-8-18-13-16-12(10-4-2-3-7-15-10)11(5-6-14)17(9)13/h2-4,7-8H,5H2,1H3. The van der Waals surface area contributed by atoms with Gasteiger partial charge in [0, 0.05) is 17.3 Å². The van der Waals surface area contributed by atoms with Crippen LogP contribution in [0.15, 0.2) is 29.8 Å². The van der Waals surface area contributed by atoms with Crippen molar-refractivity contribution in [1.29, 1.82) is 5.26 Å². The summed E-state index contributed by atoms with van der Waals surface area (Å²) in [4.78, 5) is 9.82. The maximum Gasteiger partial charge on any atom is 0.194 e. The van der Waals surface area contributed by atoms with Crippen LogP contribution in [0.5, 0.6) is 0 Å². The molecule has 0 spiro atoms. The lowest BCUT2D eigenvalue weighted by Gasteiger charge is -2.00. The summed E-state index contributed by atoms with van der Waals surface area (Å²) in [7, 11) is 0. The molecule has 0 amide bonds. The zero-order chi connectivity index (χ0) is 12.5. The van der Waals surface area contributed by atoms with Crippen molar-refractivity contribution in [3.8, 4) is 17.5 Å². The van der Waals surface area contributed by atoms with E-state index in [9.17, 15) is 0 Å². The van der Waals surface area contributed by atoms with Crippen molar-refractivity contribution < 1.29 is 0 Å². The second-order valence-corrected chi connectivity index (χ2v) is 4.79. The Morgan fingerprint density at radius 3 is 3.06 bits per heavy atom. The van der Waals surface area contributed by atoms with Crippen LogP contribution in [0.25, 0.3) is 16.3 Å². The van der Waals surface area contributed by atoms with Crippen LogP contribution in [-0.2, 0) is 6.42 Å². The Labute approximate surface area is 108 Å². The van der Waals surface area contributed by atoms with Crippen LogP contribution in [0, 0.1) is 18.3 Å². The van der Waals surface area contributed by atoms with Crippen LogP contribution in [0.3, 0.4) is 0 Å². The number of aryl methyl sites for hydroxylation is 1. The van der Waals surface area contributed by atoms with Gasteiger partial charge in [0.2, 0.25) is 0 Å². The fourth-order valence-electron chi connectivity index (χ4n) is 2.01. The lowest BCUT2D eigenvalue weighted by atomic mass is 10.2. The van der Waals surface area contributed by atoms with E-state index in [1.807, 2.05) is 34.9 Å². The normalized spacial score (nSPS) is 10.7. The van der Waals surface area contributed by atoms with Crippen LogP contribution < -0.4 is 0 Å². The quantitative estimate of drug-likeness (QED) is 0.706. The average Bonchev–Trinajstić information content (AvgIpc) is 2.93. The fourth-order valence-corrected chi connectivity index (χ4v) is 2.90. The number of fused-ring (bicyclic) bond motifs is 1. The van der Waals surface area contributed by atoms with Crippen LogP contribution in [0.4, 0.5) is 0 Å². The number of thiazole rings is 1. The van der Waals surface area contributed by atoms with Crippen LogP contribution in [0.1, 0.15) is 11.4 Å². The van der Waals surface area contributed by atoms with Gasteiger partial charge in [0.25, 0.3) is 0 Å². The van der Waals surface area contributed by atoms with E-state index in [0.717, 1.165) is 27.7 Å². The van der Waals surface area contributed by atoms with Gasteiger partial charge in [0.1, 0.15) is 5.69 Å². The second kappa shape index (κ2) is 4.24. The van der Waals surface area contributed by atoms with Crippen molar-refractivity contribution in [1.82, 2.24) is 14.4 Å². The highest BCUT2D eigenvalue weighted by molar-refractivity contribution is 7.15. The highest BCUT2D eigenvalue weighted by Gasteiger charge is 2.16. The Morgan fingerprint density at radius 1 is 1.44 bits per heavy atom. The summed E-state index contributed by atoms with van der Waals surface area (Å²) in [5.41, 5.74) is 3.66. The number of hydrogen-bond acceptors (Lipinski definition) is 4. The smallest absolute Gasteiger partial charge is 0.194 e. The van der Waals surface area contributed by atoms with E-state index >= 15 is 0 Å². The maximum atomic E-state index is 8.99. The highest BCUT2D eigenvalue weighted by Crippen LogP contribution is 2.27. The summed E-state index contributed by atoms with van der Waals surface area (Å²) >= 11 is 1.58. The summed E-state index contributed by atoms with van der Waals surface area (Å²) in [5, 5.41) is 11.0. The van der Waals surface area contributed by atoms with E-state index in [-0.39, 0.29) is 0 Å². The van der Waals surface area contributed by atoms with Gasteiger partial charge < -0.3 is 0 Å². The van der Waals surface area contributed by atoms with Crippen molar-refractivity contribution in [3.63, 3.8) is 0 Å². The van der Waals surface area contributed by atoms with Gasteiger partial charge in [-0.3, -0.25) is 9.38 Å². The third kappa shape index (κ3) is 1.59. The van der Waals surface area contributed by atoms with Crippen molar-refractivity contribution in [2.45, 2.75) is 13.3 Å². The molecule has 0 saturated carbocycles. The summed E-state index contributed by atoms with van der Waals surface area (Å²) in [6, 6.07) is 7.93. The predicted molar refractivity (Wildman–Crippen MR) is 70.4 cm³/mol. The zero-order valence-electron chi connectivity index (χ0n) is 9.79. The molecule has 0 unspecified atom stereocenters. The van der Waals surface area contributed by atoms with E-state index in [2.05, 4.69) is 16.0 Å². The topological polar surface area (TPSA) is 54.0 Å². The molecule has 3 rings (SSSR count). The van der Waals surface area contributed by atoms with E-state index in [1.165, 1.54) is 0 Å². The molecule has 0 saturated heterocycles. The molecule has 0 bridgehead atoms. The van der Waals surface area contributed by atoms with Gasteiger partial charge in [-0.15, -0.1) is 11.3 Å². The Kier molecular flexibility index (Phi) is 2.58. The van der Waals surface area contributed by atoms with E-state index < -0.39 is 0 Å². The first kappa shape index (κ1) is 10.9. The first-order valence-corrected chi connectivity index (χ1v) is 6.43. The number of pyridine rings is 1. The fraction of sp³-hybridized carbons (Fsp3) is 0.154. The molecule has 0 aliphatic rings. The van der Waals surface area contributed by atoms with Crippen molar-refractivity contribution in [2.24, 2.45) is 0 Å². The van der Waals surface area contributed by atoms with Gasteiger partial charge in [-0.05, 0) is 19.1 Å². The summed E-state index contributed by atoms with van der Waals surface area (Å²) in [6.07, 6.45) is 2.08. The molecule has 4 nitrogen and oxygen atoms in total. The molecule has 0 N–H and O–H groups in total. The van der Waals surface area contributed by atoms with Gasteiger partial charge in [0.05, 0.1) is 23.9 Å². The minimum Gasteiger partial charge on any atom is -0.290 e. The Hall–Kier alpha value is -2.19. The van der Waals surface area contributed by atoms with Crippen molar-refractivity contribution in [3.05, 3.63) is 41.2 Å². The molecule has 3 aromatic rings. The van der Waals surface area contributed by atoms with Crippen molar-refractivity contribution >= 4 is 16.3 Å². The molecule has 0 aliphatic heterocycles. The molecule has 0 atom stereocenters. The largest absolute Gasteiger partial charge is 0.290 e. The van der Waals surface area contributed by atoms with Crippen LogP contribution >= 0.6 is 11.3 Å². The molecule has 18 heavy (non-hydrogen) atoms. The summed E-state index contributed by atoms with van der Waals surface area (Å²) in [6.45, 7) is 2.02. The molecule has 0 aromatic carbocycles. The lowest BCUT2D eigenvalue weighted by Crippen LogP contribution is -1.95. The molecule has 5 heteroatoms. The minimum atomic E-state index is 0.338. The molecule has 0 aliphatic carbocycles. The Balaban J connectivity index is 2.30. The van der Waals surface area contributed by atoms with Crippen LogP contribution in [-0.4, -0.2) is 14.4 Å². The number of nitriles is 1. The summed E-state index contributed by atoms with van der Waals surface area (Å²) < 4.78 is 2.04. The molecular weight excluding hydrogens is 244 g/mol. The second-order valence-electron chi connectivity index (χ2n) is 3.95. The van der Waals surface area contributed by atoms with Gasteiger partial charge >= 0.3 is 0 Å². The van der Waals surface area contributed by atoms with Crippen LogP contribution in [0.2, 0.25) is 0 Å². The third-order valence-electron chi connectivity index (χ3n) is 2.78. The maximum absolute atomic E-state index is 8.99. The molecule has 88 valence electrons. The molecule has 3 aromatic heterocycles. The SMILES string of the molecule is Cc1csc2nc(-c3ccccn3)c(CC#N)n12. The zero-order valence-corrected chi connectivity index (χ0v) is 10.6. The van der Waals surface area contributed by atoms with Gasteiger partial charge in [-0.25, -0.2) is 4.98 Å². The monoisotopic (exact) mass is 254 g/mol. The first-order chi connectivity index (χ1) is 8.81. The number of imidazole rings is 1.